The third-order valence-electron chi connectivity index (χ3n) is 4.87. The predicted octanol–water partition coefficient (Wildman–Crippen LogP) is 2.82. The summed E-state index contributed by atoms with van der Waals surface area (Å²) >= 11 is 0. The van der Waals surface area contributed by atoms with E-state index in [1.165, 1.54) is 0 Å². The van der Waals surface area contributed by atoms with E-state index in [1.54, 1.807) is 48.5 Å². The molecule has 0 saturated carbocycles. The minimum absolute atomic E-state index is 0.0656. The smallest absolute Gasteiger partial charge is 0.260 e. The van der Waals surface area contributed by atoms with E-state index in [0.29, 0.717) is 22.6 Å². The van der Waals surface area contributed by atoms with Crippen molar-refractivity contribution in [3.8, 4) is 5.75 Å². The highest BCUT2D eigenvalue weighted by molar-refractivity contribution is 6.06. The number of hydrogen-bond donors (Lipinski definition) is 2. The lowest BCUT2D eigenvalue weighted by Crippen LogP contribution is -2.35. The average Bonchev–Trinajstić information content (AvgIpc) is 3.02. The maximum atomic E-state index is 12.7. The summed E-state index contributed by atoms with van der Waals surface area (Å²) in [6.07, 6.45) is 4.32. The van der Waals surface area contributed by atoms with Gasteiger partial charge in [0.2, 0.25) is 5.91 Å². The van der Waals surface area contributed by atoms with E-state index in [1.807, 2.05) is 4.90 Å². The van der Waals surface area contributed by atoms with Gasteiger partial charge >= 0.3 is 0 Å². The first-order chi connectivity index (χ1) is 14.0. The first-order valence-corrected chi connectivity index (χ1v) is 9.75. The number of nitrogens with two attached hydrogens (primary N) is 1. The van der Waals surface area contributed by atoms with Crippen molar-refractivity contribution in [1.29, 1.82) is 0 Å². The number of nitrogens with zero attached hydrogens (tertiary/aromatic N) is 1. The number of anilines is 1. The number of nitrogens with one attached hydrogen (secondary N) is 1. The SMILES string of the molecule is NC(=O)c1ccc(NC(=O)c2ccccc2OCC(=O)N2CCCCCC2)cc1. The number of ether oxygens (including phenoxy) is 1. The molecule has 1 saturated heterocycles. The van der Waals surface area contributed by atoms with Crippen molar-refractivity contribution in [3.05, 3.63) is 59.7 Å². The molecule has 3 rings (SSSR count). The van der Waals surface area contributed by atoms with E-state index < -0.39 is 5.91 Å². The van der Waals surface area contributed by atoms with Gasteiger partial charge in [-0.15, -0.1) is 0 Å². The zero-order valence-electron chi connectivity index (χ0n) is 16.2. The largest absolute Gasteiger partial charge is 0.483 e. The van der Waals surface area contributed by atoms with Crippen LogP contribution in [0, 0.1) is 0 Å². The summed E-state index contributed by atoms with van der Waals surface area (Å²) in [7, 11) is 0. The van der Waals surface area contributed by atoms with Gasteiger partial charge in [-0.3, -0.25) is 14.4 Å². The third kappa shape index (κ3) is 5.57. The highest BCUT2D eigenvalue weighted by atomic mass is 16.5. The van der Waals surface area contributed by atoms with Crippen molar-refractivity contribution >= 4 is 23.4 Å². The highest BCUT2D eigenvalue weighted by Gasteiger charge is 2.18. The molecular weight excluding hydrogens is 370 g/mol. The van der Waals surface area contributed by atoms with Crippen molar-refractivity contribution in [2.75, 3.05) is 25.0 Å². The van der Waals surface area contributed by atoms with E-state index in [2.05, 4.69) is 5.32 Å². The Morgan fingerprint density at radius 1 is 0.931 bits per heavy atom. The van der Waals surface area contributed by atoms with E-state index in [4.69, 9.17) is 10.5 Å². The molecule has 3 N–H and O–H groups in total. The quantitative estimate of drug-likeness (QED) is 0.785. The van der Waals surface area contributed by atoms with Gasteiger partial charge in [-0.1, -0.05) is 25.0 Å². The number of amides is 3. The van der Waals surface area contributed by atoms with Crippen molar-refractivity contribution in [1.82, 2.24) is 4.90 Å². The van der Waals surface area contributed by atoms with Crippen LogP contribution in [0.4, 0.5) is 5.69 Å². The van der Waals surface area contributed by atoms with Crippen LogP contribution in [0.15, 0.2) is 48.5 Å². The summed E-state index contributed by atoms with van der Waals surface area (Å²) in [6.45, 7) is 1.41. The Morgan fingerprint density at radius 2 is 1.59 bits per heavy atom. The molecule has 1 heterocycles. The van der Waals surface area contributed by atoms with Crippen LogP contribution in [0.25, 0.3) is 0 Å². The molecule has 0 aliphatic carbocycles. The van der Waals surface area contributed by atoms with Crippen LogP contribution in [0.3, 0.4) is 0 Å². The van der Waals surface area contributed by atoms with Crippen molar-refractivity contribution in [3.63, 3.8) is 0 Å². The molecule has 7 nitrogen and oxygen atoms in total. The van der Waals surface area contributed by atoms with Gasteiger partial charge < -0.3 is 20.7 Å². The minimum Gasteiger partial charge on any atom is -0.483 e. The number of carbonyl (C=O) groups excluding carboxylic acids is 3. The van der Waals surface area contributed by atoms with Crippen LogP contribution in [-0.2, 0) is 4.79 Å². The van der Waals surface area contributed by atoms with E-state index >= 15 is 0 Å². The lowest BCUT2D eigenvalue weighted by molar-refractivity contribution is -0.133. The Morgan fingerprint density at radius 3 is 2.24 bits per heavy atom. The monoisotopic (exact) mass is 395 g/mol. The number of carbonyl (C=O) groups is 3. The molecule has 29 heavy (non-hydrogen) atoms. The Kier molecular flexibility index (Phi) is 6.84. The maximum absolute atomic E-state index is 12.7. The van der Waals surface area contributed by atoms with Crippen molar-refractivity contribution < 1.29 is 19.1 Å². The van der Waals surface area contributed by atoms with Crippen LogP contribution in [-0.4, -0.2) is 42.3 Å². The first-order valence-electron chi connectivity index (χ1n) is 9.75. The third-order valence-corrected chi connectivity index (χ3v) is 4.87. The van der Waals surface area contributed by atoms with Gasteiger partial charge in [0.1, 0.15) is 5.75 Å². The van der Waals surface area contributed by atoms with E-state index in [0.717, 1.165) is 38.8 Å². The molecule has 0 radical (unpaired) electrons. The zero-order chi connectivity index (χ0) is 20.6. The van der Waals surface area contributed by atoms with E-state index in [9.17, 15) is 14.4 Å². The first kappa shape index (κ1) is 20.4. The Bertz CT molecular complexity index is 872. The summed E-state index contributed by atoms with van der Waals surface area (Å²) in [6, 6.07) is 13.1. The Hall–Kier alpha value is -3.35. The minimum atomic E-state index is -0.532. The molecule has 1 fully saturated rings. The second-order valence-corrected chi connectivity index (χ2v) is 6.98. The predicted molar refractivity (Wildman–Crippen MR) is 110 cm³/mol. The molecule has 1 aliphatic heterocycles. The fraction of sp³-hybridized carbons (Fsp3) is 0.318. The topological polar surface area (TPSA) is 102 Å². The molecule has 0 atom stereocenters. The molecule has 0 unspecified atom stereocenters. The zero-order valence-corrected chi connectivity index (χ0v) is 16.2. The van der Waals surface area contributed by atoms with Gasteiger partial charge in [0.25, 0.3) is 11.8 Å². The van der Waals surface area contributed by atoms with Gasteiger partial charge in [-0.2, -0.15) is 0 Å². The summed E-state index contributed by atoms with van der Waals surface area (Å²) in [5, 5.41) is 2.76. The number of benzene rings is 2. The molecule has 1 aliphatic rings. The molecule has 2 aromatic rings. The van der Waals surface area contributed by atoms with Crippen LogP contribution >= 0.6 is 0 Å². The summed E-state index contributed by atoms with van der Waals surface area (Å²) in [5.74, 6) is -0.614. The summed E-state index contributed by atoms with van der Waals surface area (Å²) in [4.78, 5) is 38.1. The summed E-state index contributed by atoms with van der Waals surface area (Å²) in [5.41, 5.74) is 6.43. The molecule has 3 amide bonds. The van der Waals surface area contributed by atoms with Crippen LogP contribution in [0.2, 0.25) is 0 Å². The molecule has 0 aromatic heterocycles. The lowest BCUT2D eigenvalue weighted by atomic mass is 10.1. The average molecular weight is 395 g/mol. The van der Waals surface area contributed by atoms with Crippen molar-refractivity contribution in [2.45, 2.75) is 25.7 Å². The Labute approximate surface area is 169 Å². The Balaban J connectivity index is 1.63. The second kappa shape index (κ2) is 9.73. The highest BCUT2D eigenvalue weighted by Crippen LogP contribution is 2.20. The normalized spacial score (nSPS) is 14.0. The van der Waals surface area contributed by atoms with Gasteiger partial charge in [-0.25, -0.2) is 0 Å². The number of primary amides is 1. The molecule has 152 valence electrons. The molecule has 0 spiro atoms. The second-order valence-electron chi connectivity index (χ2n) is 6.98. The summed E-state index contributed by atoms with van der Waals surface area (Å²) < 4.78 is 5.69. The number of likely N-dealkylation sites (tertiary alicyclic amines) is 1. The van der Waals surface area contributed by atoms with Gasteiger partial charge in [0.05, 0.1) is 5.56 Å². The van der Waals surface area contributed by atoms with Crippen LogP contribution in [0.5, 0.6) is 5.75 Å². The number of rotatable bonds is 6. The molecular formula is C22H25N3O4. The standard InChI is InChI=1S/C22H25N3O4/c23-21(27)16-9-11-17(12-10-16)24-22(28)18-7-3-4-8-19(18)29-15-20(26)25-13-5-1-2-6-14-25/h3-4,7-12H,1-2,5-6,13-15H2,(H2,23,27)(H,24,28). The molecule has 7 heteroatoms. The van der Waals surface area contributed by atoms with Crippen LogP contribution < -0.4 is 15.8 Å². The fourth-order valence-corrected chi connectivity index (χ4v) is 3.25. The van der Waals surface area contributed by atoms with Crippen LogP contribution in [0.1, 0.15) is 46.4 Å². The fourth-order valence-electron chi connectivity index (χ4n) is 3.25. The number of para-hydroxylation sites is 1. The molecule has 2 aromatic carbocycles. The maximum Gasteiger partial charge on any atom is 0.260 e. The van der Waals surface area contributed by atoms with Gasteiger partial charge in [0.15, 0.2) is 6.61 Å². The van der Waals surface area contributed by atoms with Gasteiger partial charge in [-0.05, 0) is 49.2 Å². The lowest BCUT2D eigenvalue weighted by Gasteiger charge is -2.20. The van der Waals surface area contributed by atoms with Crippen molar-refractivity contribution in [2.24, 2.45) is 5.73 Å². The molecule has 0 bridgehead atoms. The van der Waals surface area contributed by atoms with E-state index in [-0.39, 0.29) is 18.4 Å². The number of hydrogen-bond acceptors (Lipinski definition) is 4. The van der Waals surface area contributed by atoms with Gasteiger partial charge in [0, 0.05) is 24.3 Å².